The van der Waals surface area contributed by atoms with Gasteiger partial charge < -0.3 is 0 Å². The van der Waals surface area contributed by atoms with Crippen LogP contribution >= 0.6 is 46.4 Å². The molecule has 19 heavy (non-hydrogen) atoms. The van der Waals surface area contributed by atoms with Crippen LogP contribution in [0.25, 0.3) is 0 Å². The Morgan fingerprint density at radius 3 is 1.95 bits per heavy atom. The zero-order chi connectivity index (χ0) is 14.2. The van der Waals surface area contributed by atoms with Crippen molar-refractivity contribution in [3.63, 3.8) is 0 Å². The second-order valence-corrected chi connectivity index (χ2v) is 5.46. The number of benzene rings is 2. The van der Waals surface area contributed by atoms with Crippen LogP contribution in [0.4, 0.5) is 0 Å². The number of hydrogen-bond donors (Lipinski definition) is 0. The van der Waals surface area contributed by atoms with E-state index in [0.717, 1.165) is 0 Å². The molecule has 0 fully saturated rings. The van der Waals surface area contributed by atoms with Gasteiger partial charge in [-0.3, -0.25) is 4.79 Å². The standard InChI is InChI=1S/C14H8Cl4O/c1-7-9(11(16)13(18)12(17)10(7)15)14(19)8-5-3-2-4-6-8/h2-6H,1H3. The van der Waals surface area contributed by atoms with Gasteiger partial charge in [0.05, 0.1) is 20.1 Å². The molecule has 0 saturated carbocycles. The van der Waals surface area contributed by atoms with Crippen molar-refractivity contribution in [2.45, 2.75) is 6.92 Å². The average Bonchev–Trinajstić information content (AvgIpc) is 2.44. The van der Waals surface area contributed by atoms with Crippen molar-refractivity contribution in [1.29, 1.82) is 0 Å². The topological polar surface area (TPSA) is 17.1 Å². The molecule has 0 N–H and O–H groups in total. The first-order valence-corrected chi connectivity index (χ1v) is 6.88. The summed E-state index contributed by atoms with van der Waals surface area (Å²) in [6.07, 6.45) is 0. The van der Waals surface area contributed by atoms with Crippen molar-refractivity contribution >= 4 is 52.2 Å². The Hall–Kier alpha value is -0.730. The molecule has 0 aromatic heterocycles. The molecule has 0 unspecified atom stereocenters. The molecule has 0 aliphatic carbocycles. The maximum Gasteiger partial charge on any atom is 0.194 e. The van der Waals surface area contributed by atoms with Gasteiger partial charge in [-0.15, -0.1) is 0 Å². The first-order valence-electron chi connectivity index (χ1n) is 5.37. The maximum absolute atomic E-state index is 12.5. The Balaban J connectivity index is 2.67. The molecule has 0 saturated heterocycles. The predicted octanol–water partition coefficient (Wildman–Crippen LogP) is 5.84. The largest absolute Gasteiger partial charge is 0.289 e. The number of rotatable bonds is 2. The number of halogens is 4. The van der Waals surface area contributed by atoms with Gasteiger partial charge in [0, 0.05) is 11.1 Å². The van der Waals surface area contributed by atoms with Crippen molar-refractivity contribution in [1.82, 2.24) is 0 Å². The van der Waals surface area contributed by atoms with E-state index in [9.17, 15) is 4.79 Å². The van der Waals surface area contributed by atoms with Crippen molar-refractivity contribution in [2.75, 3.05) is 0 Å². The van der Waals surface area contributed by atoms with Gasteiger partial charge in [0.1, 0.15) is 0 Å². The molecule has 2 aromatic carbocycles. The van der Waals surface area contributed by atoms with Gasteiger partial charge in [-0.2, -0.15) is 0 Å². The molecule has 5 heteroatoms. The van der Waals surface area contributed by atoms with Crippen molar-refractivity contribution in [3.05, 3.63) is 67.1 Å². The highest BCUT2D eigenvalue weighted by Crippen LogP contribution is 2.41. The van der Waals surface area contributed by atoms with E-state index in [1.165, 1.54) is 0 Å². The first-order chi connectivity index (χ1) is 8.95. The fourth-order valence-corrected chi connectivity index (χ4v) is 2.78. The van der Waals surface area contributed by atoms with Crippen LogP contribution in [0.1, 0.15) is 21.5 Å². The SMILES string of the molecule is Cc1c(Cl)c(Cl)c(Cl)c(Cl)c1C(=O)c1ccccc1. The summed E-state index contributed by atoms with van der Waals surface area (Å²) in [6, 6.07) is 8.78. The van der Waals surface area contributed by atoms with Crippen LogP contribution in [0.15, 0.2) is 30.3 Å². The zero-order valence-corrected chi connectivity index (χ0v) is 12.8. The third kappa shape index (κ3) is 2.61. The minimum Gasteiger partial charge on any atom is -0.289 e. The highest BCUT2D eigenvalue weighted by molar-refractivity contribution is 6.53. The second-order valence-electron chi connectivity index (χ2n) is 3.95. The molecule has 0 bridgehead atoms. The Kier molecular flexibility index (Phi) is 4.42. The molecule has 0 aliphatic rings. The molecule has 1 nitrogen and oxygen atoms in total. The number of hydrogen-bond acceptors (Lipinski definition) is 1. The van der Waals surface area contributed by atoms with Crippen LogP contribution in [0.2, 0.25) is 20.1 Å². The normalized spacial score (nSPS) is 10.6. The summed E-state index contributed by atoms with van der Waals surface area (Å²) in [5.74, 6) is -0.233. The Bertz CT molecular complexity index is 621. The molecule has 0 aliphatic heterocycles. The van der Waals surface area contributed by atoms with E-state index in [-0.39, 0.29) is 31.4 Å². The zero-order valence-electron chi connectivity index (χ0n) is 9.81. The van der Waals surface area contributed by atoms with Gasteiger partial charge in [0.2, 0.25) is 0 Å². The molecule has 2 rings (SSSR count). The van der Waals surface area contributed by atoms with Gasteiger partial charge in [0.15, 0.2) is 5.78 Å². The second kappa shape index (κ2) is 5.72. The lowest BCUT2D eigenvalue weighted by molar-refractivity contribution is 0.103. The van der Waals surface area contributed by atoms with Crippen LogP contribution in [0, 0.1) is 6.92 Å². The summed E-state index contributed by atoms with van der Waals surface area (Å²) >= 11 is 24.1. The van der Waals surface area contributed by atoms with Gasteiger partial charge in [-0.1, -0.05) is 76.7 Å². The van der Waals surface area contributed by atoms with Crippen LogP contribution in [-0.2, 0) is 0 Å². The fraction of sp³-hybridized carbons (Fsp3) is 0.0714. The smallest absolute Gasteiger partial charge is 0.194 e. The monoisotopic (exact) mass is 332 g/mol. The molecular weight excluding hydrogens is 326 g/mol. The predicted molar refractivity (Wildman–Crippen MR) is 81.1 cm³/mol. The summed E-state index contributed by atoms with van der Waals surface area (Å²) in [5.41, 5.74) is 1.32. The number of carbonyl (C=O) groups is 1. The summed E-state index contributed by atoms with van der Waals surface area (Å²) < 4.78 is 0. The highest BCUT2D eigenvalue weighted by atomic mass is 35.5. The minimum absolute atomic E-state index is 0.0956. The molecule has 0 radical (unpaired) electrons. The Morgan fingerprint density at radius 1 is 0.842 bits per heavy atom. The summed E-state index contributed by atoms with van der Waals surface area (Å²) in [5, 5.41) is 0.631. The van der Waals surface area contributed by atoms with Gasteiger partial charge in [0.25, 0.3) is 0 Å². The average molecular weight is 334 g/mol. The van der Waals surface area contributed by atoms with Crippen LogP contribution in [-0.4, -0.2) is 5.78 Å². The third-order valence-electron chi connectivity index (χ3n) is 2.76. The van der Waals surface area contributed by atoms with E-state index < -0.39 is 0 Å². The lowest BCUT2D eigenvalue weighted by Gasteiger charge is -2.12. The van der Waals surface area contributed by atoms with Crippen molar-refractivity contribution in [3.8, 4) is 0 Å². The summed E-state index contributed by atoms with van der Waals surface area (Å²) in [6.45, 7) is 1.69. The van der Waals surface area contributed by atoms with E-state index >= 15 is 0 Å². The van der Waals surface area contributed by atoms with Crippen LogP contribution < -0.4 is 0 Å². The van der Waals surface area contributed by atoms with Crippen LogP contribution in [0.5, 0.6) is 0 Å². The van der Waals surface area contributed by atoms with E-state index in [4.69, 9.17) is 46.4 Å². The molecule has 2 aromatic rings. The van der Waals surface area contributed by atoms with Crippen LogP contribution in [0.3, 0.4) is 0 Å². The highest BCUT2D eigenvalue weighted by Gasteiger charge is 2.23. The van der Waals surface area contributed by atoms with Crippen molar-refractivity contribution in [2.24, 2.45) is 0 Å². The maximum atomic E-state index is 12.5. The molecular formula is C14H8Cl4O. The molecule has 0 amide bonds. The first kappa shape index (κ1) is 14.7. The lowest BCUT2D eigenvalue weighted by Crippen LogP contribution is -2.06. The molecule has 0 heterocycles. The molecule has 0 atom stereocenters. The third-order valence-corrected chi connectivity index (χ3v) is 4.66. The quantitative estimate of drug-likeness (QED) is 0.383. The van der Waals surface area contributed by atoms with E-state index in [0.29, 0.717) is 11.1 Å². The molecule has 98 valence electrons. The minimum atomic E-state index is -0.233. The lowest BCUT2D eigenvalue weighted by atomic mass is 9.99. The van der Waals surface area contributed by atoms with Gasteiger partial charge in [-0.05, 0) is 12.5 Å². The Labute approximate surface area is 131 Å². The summed E-state index contributed by atoms with van der Waals surface area (Å²) in [4.78, 5) is 12.5. The van der Waals surface area contributed by atoms with E-state index in [1.54, 1.807) is 31.2 Å². The van der Waals surface area contributed by atoms with Gasteiger partial charge >= 0.3 is 0 Å². The number of carbonyl (C=O) groups excluding carboxylic acids is 1. The summed E-state index contributed by atoms with van der Waals surface area (Å²) in [7, 11) is 0. The van der Waals surface area contributed by atoms with E-state index in [2.05, 4.69) is 0 Å². The Morgan fingerprint density at radius 2 is 1.37 bits per heavy atom. The van der Waals surface area contributed by atoms with E-state index in [1.807, 2.05) is 6.07 Å². The van der Waals surface area contributed by atoms with Crippen molar-refractivity contribution < 1.29 is 4.79 Å². The fourth-order valence-electron chi connectivity index (χ4n) is 1.75. The number of ketones is 1. The van der Waals surface area contributed by atoms with Gasteiger partial charge in [-0.25, -0.2) is 0 Å². The molecule has 0 spiro atoms.